The Hall–Kier alpha value is -0.970. The van der Waals surface area contributed by atoms with Crippen molar-refractivity contribution in [2.45, 2.75) is 26.0 Å². The van der Waals surface area contributed by atoms with Crippen LogP contribution >= 0.6 is 23.2 Å². The van der Waals surface area contributed by atoms with Crippen molar-refractivity contribution in [3.05, 3.63) is 33.8 Å². The molecular weight excluding hydrogens is 277 g/mol. The summed E-state index contributed by atoms with van der Waals surface area (Å²) in [5.74, 6) is -0.117. The normalized spacial score (nSPS) is 14.3. The van der Waals surface area contributed by atoms with E-state index in [9.17, 15) is 9.90 Å². The highest BCUT2D eigenvalue weighted by atomic mass is 35.5. The van der Waals surface area contributed by atoms with Crippen molar-refractivity contribution in [2.24, 2.45) is 5.92 Å². The topological polar surface area (TPSA) is 69.6 Å². The molecule has 0 fully saturated rings. The van der Waals surface area contributed by atoms with E-state index < -0.39 is 18.2 Å². The molecule has 1 rings (SSSR count). The molecule has 3 N–H and O–H groups in total. The first-order valence-electron chi connectivity index (χ1n) is 5.45. The summed E-state index contributed by atoms with van der Waals surface area (Å²) in [6.45, 7) is 3.59. The largest absolute Gasteiger partial charge is 0.465 e. The summed E-state index contributed by atoms with van der Waals surface area (Å²) in [4.78, 5) is 10.8. The number of carboxylic acid groups (broad SMARTS) is 1. The molecule has 0 unspecified atom stereocenters. The van der Waals surface area contributed by atoms with Crippen molar-refractivity contribution >= 4 is 29.3 Å². The number of halogens is 2. The van der Waals surface area contributed by atoms with Crippen LogP contribution in [0, 0.1) is 5.92 Å². The zero-order valence-electron chi connectivity index (χ0n) is 10.0. The van der Waals surface area contributed by atoms with Crippen molar-refractivity contribution in [3.63, 3.8) is 0 Å². The van der Waals surface area contributed by atoms with Crippen LogP contribution < -0.4 is 5.32 Å². The van der Waals surface area contributed by atoms with E-state index in [4.69, 9.17) is 28.3 Å². The van der Waals surface area contributed by atoms with E-state index in [0.717, 1.165) is 0 Å². The highest BCUT2D eigenvalue weighted by molar-refractivity contribution is 6.35. The fraction of sp³-hybridized carbons (Fsp3) is 0.417. The van der Waals surface area contributed by atoms with Crippen molar-refractivity contribution in [1.82, 2.24) is 5.32 Å². The van der Waals surface area contributed by atoms with Crippen molar-refractivity contribution < 1.29 is 15.0 Å². The zero-order chi connectivity index (χ0) is 13.9. The van der Waals surface area contributed by atoms with Gasteiger partial charge in [0.05, 0.1) is 12.1 Å². The number of aliphatic hydroxyl groups is 1. The molecule has 1 amide bonds. The Balaban J connectivity index is 3.12. The maximum atomic E-state index is 10.8. The van der Waals surface area contributed by atoms with E-state index in [1.54, 1.807) is 26.0 Å². The van der Waals surface area contributed by atoms with Crippen LogP contribution in [0.5, 0.6) is 0 Å². The maximum Gasteiger partial charge on any atom is 0.405 e. The van der Waals surface area contributed by atoms with Gasteiger partial charge in [-0.25, -0.2) is 4.79 Å². The lowest BCUT2D eigenvalue weighted by atomic mass is 9.94. The first-order chi connectivity index (χ1) is 8.32. The van der Waals surface area contributed by atoms with E-state index in [1.807, 2.05) is 0 Å². The molecule has 0 saturated heterocycles. The molecule has 0 aliphatic carbocycles. The smallest absolute Gasteiger partial charge is 0.405 e. The second-order valence-corrected chi connectivity index (χ2v) is 5.17. The SMILES string of the molecule is CC(C)[C@H](O)[C@@H](NC(=O)O)c1ccc(Cl)cc1Cl. The van der Waals surface area contributed by atoms with Gasteiger partial charge in [0.1, 0.15) is 0 Å². The third-order valence-electron chi connectivity index (χ3n) is 2.60. The highest BCUT2D eigenvalue weighted by Crippen LogP contribution is 2.30. The number of hydrogen-bond acceptors (Lipinski definition) is 2. The average molecular weight is 292 g/mol. The predicted octanol–water partition coefficient (Wildman–Crippen LogP) is 3.32. The van der Waals surface area contributed by atoms with Gasteiger partial charge in [-0.1, -0.05) is 43.1 Å². The number of carbonyl (C=O) groups is 1. The molecule has 0 aromatic heterocycles. The minimum Gasteiger partial charge on any atom is -0.465 e. The number of nitrogens with one attached hydrogen (secondary N) is 1. The zero-order valence-corrected chi connectivity index (χ0v) is 11.5. The summed E-state index contributed by atoms with van der Waals surface area (Å²) in [6, 6.07) is 3.94. The summed E-state index contributed by atoms with van der Waals surface area (Å²) < 4.78 is 0. The van der Waals surface area contributed by atoms with E-state index in [1.165, 1.54) is 6.07 Å². The lowest BCUT2D eigenvalue weighted by molar-refractivity contribution is 0.0809. The Morgan fingerprint density at radius 2 is 1.94 bits per heavy atom. The first-order valence-corrected chi connectivity index (χ1v) is 6.21. The molecule has 0 spiro atoms. The second-order valence-electron chi connectivity index (χ2n) is 4.33. The van der Waals surface area contributed by atoms with Crippen LogP contribution in [0.3, 0.4) is 0 Å². The van der Waals surface area contributed by atoms with Crippen LogP contribution in [0.15, 0.2) is 18.2 Å². The molecule has 18 heavy (non-hydrogen) atoms. The quantitative estimate of drug-likeness (QED) is 0.797. The predicted molar refractivity (Wildman–Crippen MR) is 71.2 cm³/mol. The minimum atomic E-state index is -1.22. The second kappa shape index (κ2) is 6.27. The van der Waals surface area contributed by atoms with Crippen LogP contribution in [0.1, 0.15) is 25.5 Å². The van der Waals surface area contributed by atoms with Crippen molar-refractivity contribution in [1.29, 1.82) is 0 Å². The number of rotatable bonds is 4. The van der Waals surface area contributed by atoms with Crippen molar-refractivity contribution in [2.75, 3.05) is 0 Å². The van der Waals surface area contributed by atoms with Gasteiger partial charge in [0.15, 0.2) is 0 Å². The molecule has 0 aliphatic rings. The average Bonchev–Trinajstić information content (AvgIpc) is 2.25. The molecule has 0 aliphatic heterocycles. The van der Waals surface area contributed by atoms with Gasteiger partial charge in [0, 0.05) is 10.0 Å². The maximum absolute atomic E-state index is 10.8. The van der Waals surface area contributed by atoms with Crippen LogP contribution in [0.25, 0.3) is 0 Å². The molecule has 1 aromatic rings. The Kier molecular flexibility index (Phi) is 5.26. The highest BCUT2D eigenvalue weighted by Gasteiger charge is 2.27. The minimum absolute atomic E-state index is 0.117. The van der Waals surface area contributed by atoms with Gasteiger partial charge >= 0.3 is 6.09 Å². The van der Waals surface area contributed by atoms with Crippen LogP contribution in [0.2, 0.25) is 10.0 Å². The van der Waals surface area contributed by atoms with Gasteiger partial charge in [-0.2, -0.15) is 0 Å². The van der Waals surface area contributed by atoms with E-state index in [2.05, 4.69) is 5.32 Å². The van der Waals surface area contributed by atoms with Gasteiger partial charge in [-0.3, -0.25) is 0 Å². The van der Waals surface area contributed by atoms with E-state index in [0.29, 0.717) is 15.6 Å². The Bertz CT molecular complexity index is 437. The van der Waals surface area contributed by atoms with E-state index >= 15 is 0 Å². The molecule has 2 atom stereocenters. The fourth-order valence-corrected chi connectivity index (χ4v) is 2.14. The van der Waals surface area contributed by atoms with Gasteiger partial charge in [-0.15, -0.1) is 0 Å². The van der Waals surface area contributed by atoms with Crippen molar-refractivity contribution in [3.8, 4) is 0 Å². The number of benzene rings is 1. The van der Waals surface area contributed by atoms with Crippen LogP contribution in [0.4, 0.5) is 4.79 Å². The molecule has 0 heterocycles. The molecule has 1 aromatic carbocycles. The first kappa shape index (κ1) is 15.1. The molecule has 0 bridgehead atoms. The molecule has 4 nitrogen and oxygen atoms in total. The summed E-state index contributed by atoms with van der Waals surface area (Å²) >= 11 is 11.8. The van der Waals surface area contributed by atoms with Gasteiger partial charge < -0.3 is 15.5 Å². The third-order valence-corrected chi connectivity index (χ3v) is 3.16. The summed E-state index contributed by atoms with van der Waals surface area (Å²) in [5, 5.41) is 21.9. The molecule has 6 heteroatoms. The standard InChI is InChI=1S/C12H15Cl2NO3/c1-6(2)11(16)10(15-12(17)18)8-4-3-7(13)5-9(8)14/h3-6,10-11,15-16H,1-2H3,(H,17,18)/t10-,11-/m0/s1. The summed E-state index contributed by atoms with van der Waals surface area (Å²) in [5.41, 5.74) is 0.504. The summed E-state index contributed by atoms with van der Waals surface area (Å²) in [7, 11) is 0. The Morgan fingerprint density at radius 3 is 2.39 bits per heavy atom. The number of aliphatic hydroxyl groups excluding tert-OH is 1. The van der Waals surface area contributed by atoms with Crippen LogP contribution in [-0.4, -0.2) is 22.4 Å². The van der Waals surface area contributed by atoms with Gasteiger partial charge in [0.25, 0.3) is 0 Å². The monoisotopic (exact) mass is 291 g/mol. The molecule has 0 radical (unpaired) electrons. The lowest BCUT2D eigenvalue weighted by Gasteiger charge is -2.26. The number of amides is 1. The lowest BCUT2D eigenvalue weighted by Crippen LogP contribution is -2.38. The Labute approximate surface area is 116 Å². The Morgan fingerprint density at radius 1 is 1.33 bits per heavy atom. The fourth-order valence-electron chi connectivity index (χ4n) is 1.62. The molecular formula is C12H15Cl2NO3. The van der Waals surface area contributed by atoms with E-state index in [-0.39, 0.29) is 5.92 Å². The van der Waals surface area contributed by atoms with Gasteiger partial charge in [-0.05, 0) is 23.6 Å². The number of hydrogen-bond donors (Lipinski definition) is 3. The molecule has 100 valence electrons. The third kappa shape index (κ3) is 3.77. The summed E-state index contributed by atoms with van der Waals surface area (Å²) in [6.07, 6.45) is -2.09. The van der Waals surface area contributed by atoms with Crippen LogP contribution in [-0.2, 0) is 0 Å². The molecule has 0 saturated carbocycles. The van der Waals surface area contributed by atoms with Gasteiger partial charge in [0.2, 0.25) is 0 Å².